The SMILES string of the molecule is CC1=Nc2c(Nc3ccc(C4CCC(C)(C)CO4)cc3S(C)(=O)=O)cc(Cc3cnc(C)c(C)n3)nc2C1. The summed E-state index contributed by atoms with van der Waals surface area (Å²) < 4.78 is 31.9. The molecule has 0 saturated carbocycles. The number of hydrogen-bond acceptors (Lipinski definition) is 8. The Morgan fingerprint density at radius 2 is 1.84 bits per heavy atom. The van der Waals surface area contributed by atoms with Crippen molar-refractivity contribution < 1.29 is 13.2 Å². The van der Waals surface area contributed by atoms with E-state index in [1.54, 1.807) is 12.3 Å². The highest BCUT2D eigenvalue weighted by Crippen LogP contribution is 2.41. The van der Waals surface area contributed by atoms with E-state index in [-0.39, 0.29) is 16.4 Å². The van der Waals surface area contributed by atoms with Crippen molar-refractivity contribution in [3.63, 3.8) is 0 Å². The maximum absolute atomic E-state index is 12.9. The highest BCUT2D eigenvalue weighted by atomic mass is 32.2. The molecule has 0 spiro atoms. The van der Waals surface area contributed by atoms with E-state index in [0.29, 0.717) is 25.1 Å². The molecule has 200 valence electrons. The van der Waals surface area contributed by atoms with Gasteiger partial charge in [-0.05, 0) is 62.8 Å². The lowest BCUT2D eigenvalue weighted by molar-refractivity contribution is -0.0499. The van der Waals surface area contributed by atoms with E-state index in [2.05, 4.69) is 29.1 Å². The van der Waals surface area contributed by atoms with Crippen LogP contribution in [0, 0.1) is 19.3 Å². The average molecular weight is 534 g/mol. The fourth-order valence-corrected chi connectivity index (χ4v) is 5.85. The topological polar surface area (TPSA) is 106 Å². The second kappa shape index (κ2) is 9.85. The van der Waals surface area contributed by atoms with E-state index < -0.39 is 9.84 Å². The Morgan fingerprint density at radius 1 is 1.05 bits per heavy atom. The first-order valence-electron chi connectivity index (χ1n) is 13.0. The number of fused-ring (bicyclic) bond motifs is 1. The van der Waals surface area contributed by atoms with Crippen molar-refractivity contribution in [1.82, 2.24) is 15.0 Å². The Labute approximate surface area is 224 Å². The maximum atomic E-state index is 12.9. The highest BCUT2D eigenvalue weighted by Gasteiger charge is 2.29. The van der Waals surface area contributed by atoms with Crippen LogP contribution in [0.2, 0.25) is 0 Å². The first kappa shape index (κ1) is 26.4. The van der Waals surface area contributed by atoms with Crippen LogP contribution in [0.3, 0.4) is 0 Å². The number of aryl methyl sites for hydroxylation is 2. The van der Waals surface area contributed by atoms with Crippen molar-refractivity contribution in [3.05, 3.63) is 64.5 Å². The predicted molar refractivity (Wildman–Crippen MR) is 150 cm³/mol. The molecule has 1 unspecified atom stereocenters. The summed E-state index contributed by atoms with van der Waals surface area (Å²) in [5.41, 5.74) is 8.30. The lowest BCUT2D eigenvalue weighted by Gasteiger charge is -2.35. The Kier molecular flexibility index (Phi) is 6.86. The molecule has 5 rings (SSSR count). The number of sulfone groups is 1. The minimum atomic E-state index is -3.52. The molecule has 2 aliphatic heterocycles. The van der Waals surface area contributed by atoms with Gasteiger partial charge in [0.15, 0.2) is 9.84 Å². The molecule has 3 aromatic rings. The summed E-state index contributed by atoms with van der Waals surface area (Å²) in [4.78, 5) is 18.9. The van der Waals surface area contributed by atoms with Crippen molar-refractivity contribution in [2.24, 2.45) is 10.4 Å². The average Bonchev–Trinajstić information content (AvgIpc) is 3.21. The van der Waals surface area contributed by atoms with Gasteiger partial charge in [0.05, 0.1) is 51.8 Å². The molecular formula is C29H35N5O3S. The quantitative estimate of drug-likeness (QED) is 0.430. The summed E-state index contributed by atoms with van der Waals surface area (Å²) >= 11 is 0. The minimum absolute atomic E-state index is 0.110. The lowest BCUT2D eigenvalue weighted by Crippen LogP contribution is -2.27. The monoisotopic (exact) mass is 533 g/mol. The summed E-state index contributed by atoms with van der Waals surface area (Å²) in [6.07, 6.45) is 5.97. The first-order valence-corrected chi connectivity index (χ1v) is 14.9. The van der Waals surface area contributed by atoms with Crippen LogP contribution >= 0.6 is 0 Å². The standard InChI is InChI=1S/C29H35N5O3S/c1-17-11-24-28(31-17)25(14-21(33-24)13-22-15-30-18(2)19(3)32-22)34-23-8-7-20(12-27(23)38(6,35)36)26-9-10-29(4,5)16-37-26/h7-8,12,14-15,26H,9-11,13,16H2,1-6H3,(H,33,34). The summed E-state index contributed by atoms with van der Waals surface area (Å²) in [6.45, 7) is 10.9. The van der Waals surface area contributed by atoms with Gasteiger partial charge < -0.3 is 10.1 Å². The van der Waals surface area contributed by atoms with E-state index in [9.17, 15) is 8.42 Å². The molecule has 1 atom stereocenters. The fourth-order valence-electron chi connectivity index (χ4n) is 4.98. The van der Waals surface area contributed by atoms with Gasteiger partial charge in [0.1, 0.15) is 5.69 Å². The number of rotatable bonds is 6. The van der Waals surface area contributed by atoms with E-state index >= 15 is 0 Å². The molecule has 1 fully saturated rings. The Balaban J connectivity index is 1.50. The molecule has 8 nitrogen and oxygen atoms in total. The van der Waals surface area contributed by atoms with Crippen molar-refractivity contribution in [2.45, 2.75) is 71.3 Å². The third-order valence-corrected chi connectivity index (χ3v) is 8.39. The van der Waals surface area contributed by atoms with Crippen LogP contribution < -0.4 is 5.32 Å². The second-order valence-electron chi connectivity index (χ2n) is 11.3. The van der Waals surface area contributed by atoms with Gasteiger partial charge in [-0.1, -0.05) is 19.9 Å². The smallest absolute Gasteiger partial charge is 0.177 e. The van der Waals surface area contributed by atoms with Gasteiger partial charge in [0.25, 0.3) is 0 Å². The molecule has 0 amide bonds. The largest absolute Gasteiger partial charge is 0.373 e. The molecule has 1 N–H and O–H groups in total. The molecule has 1 aromatic carbocycles. The van der Waals surface area contributed by atoms with E-state index in [4.69, 9.17) is 14.7 Å². The zero-order valence-corrected chi connectivity index (χ0v) is 23.7. The Bertz CT molecular complexity index is 1540. The van der Waals surface area contributed by atoms with Crippen LogP contribution in [-0.4, -0.2) is 41.9 Å². The number of benzene rings is 1. The summed E-state index contributed by atoms with van der Waals surface area (Å²) in [6, 6.07) is 7.48. The van der Waals surface area contributed by atoms with Gasteiger partial charge in [-0.25, -0.2) is 8.42 Å². The van der Waals surface area contributed by atoms with Crippen LogP contribution in [-0.2, 0) is 27.4 Å². The first-order chi connectivity index (χ1) is 17.9. The number of ether oxygens (including phenoxy) is 1. The fraction of sp³-hybridized carbons (Fsp3) is 0.448. The second-order valence-corrected chi connectivity index (χ2v) is 13.3. The number of hydrogen-bond donors (Lipinski definition) is 1. The highest BCUT2D eigenvalue weighted by molar-refractivity contribution is 7.90. The summed E-state index contributed by atoms with van der Waals surface area (Å²) in [5, 5.41) is 3.39. The number of nitrogens with one attached hydrogen (secondary N) is 1. The van der Waals surface area contributed by atoms with Crippen LogP contribution in [0.5, 0.6) is 0 Å². The molecular weight excluding hydrogens is 498 g/mol. The molecule has 9 heteroatoms. The Morgan fingerprint density at radius 3 is 2.53 bits per heavy atom. The minimum Gasteiger partial charge on any atom is -0.373 e. The number of aliphatic imine (C=N–C) groups is 1. The van der Waals surface area contributed by atoms with E-state index in [1.807, 2.05) is 39.0 Å². The molecule has 38 heavy (non-hydrogen) atoms. The number of aromatic nitrogens is 3. The lowest BCUT2D eigenvalue weighted by atomic mass is 9.84. The van der Waals surface area contributed by atoms with Crippen LogP contribution in [0.25, 0.3) is 0 Å². The number of nitrogens with zero attached hydrogens (tertiary/aromatic N) is 4. The van der Waals surface area contributed by atoms with Crippen molar-refractivity contribution in [3.8, 4) is 0 Å². The normalized spacial score (nSPS) is 18.7. The maximum Gasteiger partial charge on any atom is 0.177 e. The Hall–Kier alpha value is -3.17. The third kappa shape index (κ3) is 5.63. The van der Waals surface area contributed by atoms with Crippen LogP contribution in [0.1, 0.15) is 73.7 Å². The van der Waals surface area contributed by atoms with Crippen LogP contribution in [0.15, 0.2) is 40.4 Å². The van der Waals surface area contributed by atoms with Gasteiger partial charge in [-0.3, -0.25) is 19.9 Å². The van der Waals surface area contributed by atoms with Crippen molar-refractivity contribution >= 4 is 32.6 Å². The van der Waals surface area contributed by atoms with E-state index in [0.717, 1.165) is 64.0 Å². The predicted octanol–water partition coefficient (Wildman–Crippen LogP) is 5.75. The summed E-state index contributed by atoms with van der Waals surface area (Å²) in [7, 11) is -3.52. The van der Waals surface area contributed by atoms with Gasteiger partial charge >= 0.3 is 0 Å². The molecule has 2 aliphatic rings. The third-order valence-electron chi connectivity index (χ3n) is 7.25. The number of anilines is 2. The number of pyridine rings is 1. The zero-order chi connectivity index (χ0) is 27.2. The molecule has 0 radical (unpaired) electrons. The van der Waals surface area contributed by atoms with Gasteiger partial charge in [0.2, 0.25) is 0 Å². The van der Waals surface area contributed by atoms with E-state index in [1.165, 1.54) is 6.26 Å². The van der Waals surface area contributed by atoms with Crippen molar-refractivity contribution in [2.75, 3.05) is 18.2 Å². The molecule has 0 aliphatic carbocycles. The van der Waals surface area contributed by atoms with Gasteiger partial charge in [0, 0.05) is 36.7 Å². The van der Waals surface area contributed by atoms with Gasteiger partial charge in [-0.2, -0.15) is 0 Å². The zero-order valence-electron chi connectivity index (χ0n) is 22.9. The molecule has 0 bridgehead atoms. The van der Waals surface area contributed by atoms with Gasteiger partial charge in [-0.15, -0.1) is 0 Å². The van der Waals surface area contributed by atoms with Crippen molar-refractivity contribution in [1.29, 1.82) is 0 Å². The molecule has 4 heterocycles. The van der Waals surface area contributed by atoms with Crippen LogP contribution in [0.4, 0.5) is 17.1 Å². The summed E-state index contributed by atoms with van der Waals surface area (Å²) in [5.74, 6) is 0. The molecule has 2 aromatic heterocycles. The molecule has 1 saturated heterocycles.